The second-order valence-electron chi connectivity index (χ2n) is 5.25. The van der Waals surface area contributed by atoms with Gasteiger partial charge in [-0.15, -0.1) is 0 Å². The lowest BCUT2D eigenvalue weighted by Gasteiger charge is -2.36. The predicted molar refractivity (Wildman–Crippen MR) is 72.5 cm³/mol. The number of carboxylic acids is 1. The van der Waals surface area contributed by atoms with Gasteiger partial charge in [0.2, 0.25) is 5.91 Å². The fourth-order valence-electron chi connectivity index (χ4n) is 2.53. The summed E-state index contributed by atoms with van der Waals surface area (Å²) in [7, 11) is 0. The fraction of sp³-hybridized carbons (Fsp3) is 0.846. The molecule has 0 atom stereocenters. The van der Waals surface area contributed by atoms with Crippen LogP contribution >= 0.6 is 0 Å². The number of hydrogen-bond donors (Lipinski definition) is 1. The van der Waals surface area contributed by atoms with Crippen molar-refractivity contribution in [3.8, 4) is 0 Å². The summed E-state index contributed by atoms with van der Waals surface area (Å²) in [5.41, 5.74) is 0. The molecule has 7 nitrogen and oxygen atoms in total. The van der Waals surface area contributed by atoms with Gasteiger partial charge in [0.05, 0.1) is 26.2 Å². The first-order valence-electron chi connectivity index (χ1n) is 7.17. The van der Waals surface area contributed by atoms with Crippen molar-refractivity contribution in [2.75, 3.05) is 65.6 Å². The molecule has 7 heteroatoms. The predicted octanol–water partition coefficient (Wildman–Crippen LogP) is -1.06. The van der Waals surface area contributed by atoms with E-state index in [0.717, 1.165) is 26.2 Å². The molecule has 0 bridgehead atoms. The minimum atomic E-state index is -0.768. The van der Waals surface area contributed by atoms with Gasteiger partial charge < -0.3 is 14.7 Å². The van der Waals surface area contributed by atoms with Gasteiger partial charge in [-0.05, 0) is 0 Å². The maximum absolute atomic E-state index is 12.2. The summed E-state index contributed by atoms with van der Waals surface area (Å²) in [6.45, 7) is 7.02. The number of ether oxygens (including phenoxy) is 1. The first kappa shape index (κ1) is 15.2. The van der Waals surface area contributed by atoms with Gasteiger partial charge >= 0.3 is 5.97 Å². The minimum Gasteiger partial charge on any atom is -0.481 e. The molecule has 0 unspecified atom stereocenters. The maximum Gasteiger partial charge on any atom is 0.304 e. The van der Waals surface area contributed by atoms with Gasteiger partial charge in [0.25, 0.3) is 0 Å². The van der Waals surface area contributed by atoms with Crippen LogP contribution in [0.5, 0.6) is 0 Å². The average molecular weight is 285 g/mol. The molecule has 0 aliphatic carbocycles. The van der Waals surface area contributed by atoms with Crippen LogP contribution in [0, 0.1) is 0 Å². The lowest BCUT2D eigenvalue weighted by atomic mass is 10.2. The Morgan fingerprint density at radius 2 is 1.60 bits per heavy atom. The monoisotopic (exact) mass is 285 g/mol. The van der Waals surface area contributed by atoms with Crippen LogP contribution in [0.4, 0.5) is 0 Å². The van der Waals surface area contributed by atoms with Gasteiger partial charge in [-0.3, -0.25) is 19.4 Å². The van der Waals surface area contributed by atoms with E-state index in [1.807, 2.05) is 4.90 Å². The van der Waals surface area contributed by atoms with Gasteiger partial charge in [0.1, 0.15) is 0 Å². The van der Waals surface area contributed by atoms with Gasteiger partial charge in [0.15, 0.2) is 0 Å². The van der Waals surface area contributed by atoms with Crippen molar-refractivity contribution in [2.45, 2.75) is 6.42 Å². The molecule has 2 aliphatic heterocycles. The second-order valence-corrected chi connectivity index (χ2v) is 5.25. The molecule has 2 aliphatic rings. The zero-order valence-corrected chi connectivity index (χ0v) is 11.8. The van der Waals surface area contributed by atoms with E-state index in [1.54, 1.807) is 0 Å². The quantitative estimate of drug-likeness (QED) is 0.694. The SMILES string of the molecule is O=C(O)CCN1CCN(C(=O)CN2CCOCC2)CC1. The van der Waals surface area contributed by atoms with E-state index in [2.05, 4.69) is 9.80 Å². The molecule has 0 saturated carbocycles. The standard InChI is InChI=1S/C13H23N3O4/c17-12(11-15-7-9-20-10-8-15)16-5-3-14(4-6-16)2-1-13(18)19/h1-11H2,(H,18,19). The van der Waals surface area contributed by atoms with E-state index in [9.17, 15) is 9.59 Å². The number of piperazine rings is 1. The third-order valence-corrected chi connectivity index (χ3v) is 3.83. The fourth-order valence-corrected chi connectivity index (χ4v) is 2.53. The van der Waals surface area contributed by atoms with Crippen LogP contribution in [0.2, 0.25) is 0 Å². The van der Waals surface area contributed by atoms with Crippen molar-refractivity contribution in [1.29, 1.82) is 0 Å². The molecular formula is C13H23N3O4. The van der Waals surface area contributed by atoms with E-state index in [-0.39, 0.29) is 12.3 Å². The maximum atomic E-state index is 12.2. The number of carbonyl (C=O) groups is 2. The molecule has 2 saturated heterocycles. The third kappa shape index (κ3) is 4.73. The van der Waals surface area contributed by atoms with Crippen LogP contribution in [0.15, 0.2) is 0 Å². The first-order valence-corrected chi connectivity index (χ1v) is 7.17. The summed E-state index contributed by atoms with van der Waals surface area (Å²) in [5, 5.41) is 8.66. The number of hydrogen-bond acceptors (Lipinski definition) is 5. The zero-order chi connectivity index (χ0) is 14.4. The van der Waals surface area contributed by atoms with Gasteiger partial charge in [0, 0.05) is 45.8 Å². The zero-order valence-electron chi connectivity index (χ0n) is 11.8. The Morgan fingerprint density at radius 1 is 0.950 bits per heavy atom. The minimum absolute atomic E-state index is 0.168. The van der Waals surface area contributed by atoms with Crippen LogP contribution in [-0.2, 0) is 14.3 Å². The molecule has 1 N–H and O–H groups in total. The molecular weight excluding hydrogens is 262 g/mol. The number of amides is 1. The smallest absolute Gasteiger partial charge is 0.304 e. The largest absolute Gasteiger partial charge is 0.481 e. The normalized spacial score (nSPS) is 21.9. The van der Waals surface area contributed by atoms with Crippen molar-refractivity contribution in [3.05, 3.63) is 0 Å². The Hall–Kier alpha value is -1.18. The molecule has 0 aromatic heterocycles. The van der Waals surface area contributed by atoms with Crippen molar-refractivity contribution >= 4 is 11.9 Å². The summed E-state index contributed by atoms with van der Waals surface area (Å²) in [4.78, 5) is 28.8. The summed E-state index contributed by atoms with van der Waals surface area (Å²) >= 11 is 0. The number of aliphatic carboxylic acids is 1. The van der Waals surface area contributed by atoms with E-state index < -0.39 is 5.97 Å². The van der Waals surface area contributed by atoms with Crippen molar-refractivity contribution in [3.63, 3.8) is 0 Å². The van der Waals surface area contributed by atoms with Crippen LogP contribution in [0.1, 0.15) is 6.42 Å². The molecule has 0 radical (unpaired) electrons. The molecule has 2 rings (SSSR count). The number of carbonyl (C=O) groups excluding carboxylic acids is 1. The highest BCUT2D eigenvalue weighted by Crippen LogP contribution is 2.05. The summed E-state index contributed by atoms with van der Waals surface area (Å²) in [6.07, 6.45) is 0.168. The molecule has 0 aromatic carbocycles. The Kier molecular flexibility index (Phi) is 5.75. The molecule has 0 aromatic rings. The third-order valence-electron chi connectivity index (χ3n) is 3.83. The van der Waals surface area contributed by atoms with Gasteiger partial charge in [-0.25, -0.2) is 0 Å². The van der Waals surface area contributed by atoms with Gasteiger partial charge in [-0.2, -0.15) is 0 Å². The van der Waals surface area contributed by atoms with E-state index >= 15 is 0 Å². The second kappa shape index (κ2) is 7.56. The highest BCUT2D eigenvalue weighted by molar-refractivity contribution is 5.78. The number of rotatable bonds is 5. The summed E-state index contributed by atoms with van der Waals surface area (Å²) < 4.78 is 5.27. The Bertz CT molecular complexity index is 337. The highest BCUT2D eigenvalue weighted by Gasteiger charge is 2.23. The van der Waals surface area contributed by atoms with E-state index in [1.165, 1.54) is 0 Å². The number of nitrogens with zero attached hydrogens (tertiary/aromatic N) is 3. The lowest BCUT2D eigenvalue weighted by molar-refractivity contribution is -0.139. The average Bonchev–Trinajstić information content (AvgIpc) is 2.46. The Balaban J connectivity index is 1.67. The number of carboxylic acid groups (broad SMARTS) is 1. The van der Waals surface area contributed by atoms with Gasteiger partial charge in [-0.1, -0.05) is 0 Å². The first-order chi connectivity index (χ1) is 9.65. The van der Waals surface area contributed by atoms with Crippen LogP contribution in [0.25, 0.3) is 0 Å². The summed E-state index contributed by atoms with van der Waals surface area (Å²) in [6, 6.07) is 0. The topological polar surface area (TPSA) is 73.3 Å². The molecule has 0 spiro atoms. The van der Waals surface area contributed by atoms with E-state index in [4.69, 9.17) is 9.84 Å². The van der Waals surface area contributed by atoms with Crippen molar-refractivity contribution in [1.82, 2.24) is 14.7 Å². The molecule has 1 amide bonds. The molecule has 2 heterocycles. The Morgan fingerprint density at radius 3 is 2.20 bits per heavy atom. The van der Waals surface area contributed by atoms with Crippen molar-refractivity contribution < 1.29 is 19.4 Å². The molecule has 114 valence electrons. The molecule has 2 fully saturated rings. The number of morpholine rings is 1. The van der Waals surface area contributed by atoms with Crippen molar-refractivity contribution in [2.24, 2.45) is 0 Å². The highest BCUT2D eigenvalue weighted by atomic mass is 16.5. The van der Waals surface area contributed by atoms with Crippen LogP contribution in [-0.4, -0.2) is 97.3 Å². The van der Waals surface area contributed by atoms with E-state index in [0.29, 0.717) is 39.4 Å². The lowest BCUT2D eigenvalue weighted by Crippen LogP contribution is -2.52. The Labute approximate surface area is 119 Å². The van der Waals surface area contributed by atoms with Crippen LogP contribution < -0.4 is 0 Å². The molecule has 20 heavy (non-hydrogen) atoms. The van der Waals surface area contributed by atoms with Crippen LogP contribution in [0.3, 0.4) is 0 Å². The summed E-state index contributed by atoms with van der Waals surface area (Å²) in [5.74, 6) is -0.597.